The SMILES string of the molecule is CN/C(Cl)=C(/C)C(N)c1ccc(OCc2c(C)cccc2N)c(C)c1. The highest BCUT2D eigenvalue weighted by molar-refractivity contribution is 6.29. The van der Waals surface area contributed by atoms with Crippen LogP contribution in [-0.2, 0) is 6.61 Å². The van der Waals surface area contributed by atoms with Crippen LogP contribution in [0.1, 0.15) is 35.2 Å². The predicted octanol–water partition coefficient (Wildman–Crippen LogP) is 4.15. The highest BCUT2D eigenvalue weighted by Crippen LogP contribution is 2.28. The Kier molecular flexibility index (Phi) is 6.34. The van der Waals surface area contributed by atoms with E-state index in [1.807, 2.05) is 57.2 Å². The molecular formula is C20H26ClN3O. The molecule has 1 atom stereocenters. The Balaban J connectivity index is 2.17. The van der Waals surface area contributed by atoms with Crippen molar-refractivity contribution in [2.24, 2.45) is 5.73 Å². The predicted molar refractivity (Wildman–Crippen MR) is 106 cm³/mol. The normalized spacial score (nSPS) is 13.2. The summed E-state index contributed by atoms with van der Waals surface area (Å²) in [6.07, 6.45) is 0. The van der Waals surface area contributed by atoms with E-state index < -0.39 is 0 Å². The van der Waals surface area contributed by atoms with Gasteiger partial charge in [-0.1, -0.05) is 35.9 Å². The Hall–Kier alpha value is -2.17. The third kappa shape index (κ3) is 4.47. The van der Waals surface area contributed by atoms with Crippen molar-refractivity contribution in [1.29, 1.82) is 0 Å². The number of halogens is 1. The van der Waals surface area contributed by atoms with Crippen molar-refractivity contribution < 1.29 is 4.74 Å². The quantitative estimate of drug-likeness (QED) is 0.535. The molecule has 5 heteroatoms. The molecule has 0 aromatic heterocycles. The molecule has 1 unspecified atom stereocenters. The molecule has 0 saturated heterocycles. The number of nitrogens with two attached hydrogens (primary N) is 2. The molecule has 0 radical (unpaired) electrons. The summed E-state index contributed by atoms with van der Waals surface area (Å²) in [7, 11) is 1.78. The molecule has 0 aliphatic heterocycles. The highest BCUT2D eigenvalue weighted by atomic mass is 35.5. The number of hydrogen-bond donors (Lipinski definition) is 3. The van der Waals surface area contributed by atoms with Crippen LogP contribution in [0.3, 0.4) is 0 Å². The monoisotopic (exact) mass is 359 g/mol. The van der Waals surface area contributed by atoms with Crippen LogP contribution in [0.5, 0.6) is 5.75 Å². The average Bonchev–Trinajstić information content (AvgIpc) is 2.60. The van der Waals surface area contributed by atoms with Crippen molar-refractivity contribution in [3.05, 3.63) is 69.4 Å². The lowest BCUT2D eigenvalue weighted by molar-refractivity contribution is 0.304. The topological polar surface area (TPSA) is 73.3 Å². The van der Waals surface area contributed by atoms with Crippen molar-refractivity contribution >= 4 is 17.3 Å². The van der Waals surface area contributed by atoms with Crippen LogP contribution in [0, 0.1) is 13.8 Å². The Morgan fingerprint density at radius 2 is 1.92 bits per heavy atom. The average molecular weight is 360 g/mol. The van der Waals surface area contributed by atoms with Gasteiger partial charge < -0.3 is 21.5 Å². The first-order valence-corrected chi connectivity index (χ1v) is 8.59. The molecule has 2 aromatic carbocycles. The largest absolute Gasteiger partial charge is 0.489 e. The van der Waals surface area contributed by atoms with Gasteiger partial charge in [-0.05, 0) is 55.2 Å². The molecule has 0 heterocycles. The van der Waals surface area contributed by atoms with E-state index in [1.165, 1.54) is 0 Å². The lowest BCUT2D eigenvalue weighted by Crippen LogP contribution is -2.16. The van der Waals surface area contributed by atoms with Gasteiger partial charge in [0.25, 0.3) is 0 Å². The van der Waals surface area contributed by atoms with Crippen LogP contribution < -0.4 is 21.5 Å². The van der Waals surface area contributed by atoms with Crippen LogP contribution >= 0.6 is 11.6 Å². The van der Waals surface area contributed by atoms with Gasteiger partial charge in [0.2, 0.25) is 0 Å². The number of ether oxygens (including phenoxy) is 1. The molecule has 5 N–H and O–H groups in total. The summed E-state index contributed by atoms with van der Waals surface area (Å²) in [5, 5.41) is 3.49. The Labute approximate surface area is 154 Å². The fraction of sp³-hybridized carbons (Fsp3) is 0.300. The van der Waals surface area contributed by atoms with Gasteiger partial charge in [-0.2, -0.15) is 0 Å². The summed E-state index contributed by atoms with van der Waals surface area (Å²) in [5.41, 5.74) is 18.1. The Bertz CT molecular complexity index is 766. The van der Waals surface area contributed by atoms with Gasteiger partial charge in [0.15, 0.2) is 0 Å². The lowest BCUT2D eigenvalue weighted by atomic mass is 9.99. The number of nitrogen functional groups attached to an aromatic ring is 1. The van der Waals surface area contributed by atoms with Crippen LogP contribution in [0.15, 0.2) is 47.1 Å². The van der Waals surface area contributed by atoms with Crippen LogP contribution in [-0.4, -0.2) is 7.05 Å². The third-order valence-electron chi connectivity index (χ3n) is 4.41. The summed E-state index contributed by atoms with van der Waals surface area (Å²) >= 11 is 6.13. The molecule has 0 bridgehead atoms. The minimum Gasteiger partial charge on any atom is -0.489 e. The summed E-state index contributed by atoms with van der Waals surface area (Å²) in [6, 6.07) is 11.6. The van der Waals surface area contributed by atoms with Crippen LogP contribution in [0.2, 0.25) is 0 Å². The molecule has 0 amide bonds. The molecule has 0 saturated carbocycles. The van der Waals surface area contributed by atoms with Crippen molar-refractivity contribution in [3.63, 3.8) is 0 Å². The highest BCUT2D eigenvalue weighted by Gasteiger charge is 2.13. The molecule has 2 aromatic rings. The van der Waals surface area contributed by atoms with Crippen molar-refractivity contribution in [3.8, 4) is 5.75 Å². The Morgan fingerprint density at radius 3 is 2.52 bits per heavy atom. The number of anilines is 1. The first kappa shape index (κ1) is 19.2. The summed E-state index contributed by atoms with van der Waals surface area (Å²) in [4.78, 5) is 0. The standard InChI is InChI=1S/C20H26ClN3O/c1-12-6-5-7-17(22)16(12)11-25-18-9-8-15(10-13(18)2)19(23)14(3)20(21)24-4/h5-10,19,24H,11,22-23H2,1-4H3/b20-14-. The Morgan fingerprint density at radius 1 is 1.20 bits per heavy atom. The molecule has 25 heavy (non-hydrogen) atoms. The van der Waals surface area contributed by atoms with Gasteiger partial charge in [0.05, 0.1) is 6.04 Å². The maximum Gasteiger partial charge on any atom is 0.122 e. The number of nitrogens with one attached hydrogen (secondary N) is 1. The molecular weight excluding hydrogens is 334 g/mol. The van der Waals surface area contributed by atoms with Gasteiger partial charge in [0, 0.05) is 18.3 Å². The summed E-state index contributed by atoms with van der Waals surface area (Å²) in [6.45, 7) is 6.40. The second kappa shape index (κ2) is 8.28. The van der Waals surface area contributed by atoms with E-state index in [9.17, 15) is 0 Å². The van der Waals surface area contributed by atoms with Gasteiger partial charge >= 0.3 is 0 Å². The number of hydrogen-bond acceptors (Lipinski definition) is 4. The molecule has 2 rings (SSSR count). The van der Waals surface area contributed by atoms with Gasteiger partial charge in [-0.3, -0.25) is 0 Å². The maximum absolute atomic E-state index is 6.30. The number of aryl methyl sites for hydroxylation is 2. The fourth-order valence-corrected chi connectivity index (χ4v) is 2.80. The van der Waals surface area contributed by atoms with E-state index in [0.29, 0.717) is 11.8 Å². The van der Waals surface area contributed by atoms with Crippen LogP contribution in [0.4, 0.5) is 5.69 Å². The van der Waals surface area contributed by atoms with Crippen molar-refractivity contribution in [2.45, 2.75) is 33.4 Å². The fourth-order valence-electron chi connectivity index (χ4n) is 2.68. The van der Waals surface area contributed by atoms with E-state index >= 15 is 0 Å². The van der Waals surface area contributed by atoms with Crippen molar-refractivity contribution in [1.82, 2.24) is 5.32 Å². The first-order valence-electron chi connectivity index (χ1n) is 8.22. The first-order chi connectivity index (χ1) is 11.8. The van der Waals surface area contributed by atoms with E-state index in [1.54, 1.807) is 7.05 Å². The van der Waals surface area contributed by atoms with E-state index in [2.05, 4.69) is 5.32 Å². The van der Waals surface area contributed by atoms with Gasteiger partial charge in [-0.25, -0.2) is 0 Å². The molecule has 4 nitrogen and oxygen atoms in total. The lowest BCUT2D eigenvalue weighted by Gasteiger charge is -2.18. The van der Waals surface area contributed by atoms with Gasteiger partial charge in [-0.15, -0.1) is 0 Å². The van der Waals surface area contributed by atoms with E-state index in [4.69, 9.17) is 27.8 Å². The molecule has 0 fully saturated rings. The number of benzene rings is 2. The minimum atomic E-state index is -0.264. The third-order valence-corrected chi connectivity index (χ3v) is 4.90. The summed E-state index contributed by atoms with van der Waals surface area (Å²) in [5.74, 6) is 0.819. The zero-order valence-corrected chi connectivity index (χ0v) is 15.9. The van der Waals surface area contributed by atoms with Gasteiger partial charge in [0.1, 0.15) is 17.5 Å². The second-order valence-corrected chi connectivity index (χ2v) is 6.56. The van der Waals surface area contributed by atoms with Crippen molar-refractivity contribution in [2.75, 3.05) is 12.8 Å². The van der Waals surface area contributed by atoms with Crippen LogP contribution in [0.25, 0.3) is 0 Å². The van der Waals surface area contributed by atoms with E-state index in [-0.39, 0.29) is 6.04 Å². The molecule has 0 spiro atoms. The molecule has 0 aliphatic rings. The van der Waals surface area contributed by atoms with E-state index in [0.717, 1.165) is 39.3 Å². The second-order valence-electron chi connectivity index (χ2n) is 6.18. The molecule has 134 valence electrons. The molecule has 0 aliphatic carbocycles. The smallest absolute Gasteiger partial charge is 0.122 e. The summed E-state index contributed by atoms with van der Waals surface area (Å²) < 4.78 is 5.98. The minimum absolute atomic E-state index is 0.264. The maximum atomic E-state index is 6.30. The number of rotatable bonds is 6. The zero-order chi connectivity index (χ0) is 18.6. The zero-order valence-electron chi connectivity index (χ0n) is 15.2.